The molecule has 0 saturated heterocycles. The first-order valence-electron chi connectivity index (χ1n) is 8.93. The van der Waals surface area contributed by atoms with E-state index < -0.39 is 5.97 Å². The molecule has 144 valence electrons. The number of hydrogen-bond acceptors (Lipinski definition) is 3. The van der Waals surface area contributed by atoms with E-state index in [1.165, 1.54) is 0 Å². The molecule has 1 unspecified atom stereocenters. The quantitative estimate of drug-likeness (QED) is 0.614. The molecule has 0 spiro atoms. The van der Waals surface area contributed by atoms with Crippen molar-refractivity contribution in [3.8, 4) is 5.75 Å². The number of benzene rings is 2. The van der Waals surface area contributed by atoms with Crippen molar-refractivity contribution < 1.29 is 19.4 Å². The molecular formula is C21H22Cl2O4. The van der Waals surface area contributed by atoms with Crippen LogP contribution in [-0.4, -0.2) is 23.5 Å². The molecule has 3 rings (SSSR count). The molecule has 0 amide bonds. The molecule has 0 saturated carbocycles. The Morgan fingerprint density at radius 3 is 2.48 bits per heavy atom. The second-order valence-corrected chi connectivity index (χ2v) is 6.67. The van der Waals surface area contributed by atoms with Crippen molar-refractivity contribution in [3.05, 3.63) is 63.1 Å². The molecule has 6 heteroatoms. The van der Waals surface area contributed by atoms with Gasteiger partial charge < -0.3 is 9.84 Å². The Morgan fingerprint density at radius 1 is 1.19 bits per heavy atom. The van der Waals surface area contributed by atoms with Gasteiger partial charge in [0.2, 0.25) is 0 Å². The van der Waals surface area contributed by atoms with E-state index in [2.05, 4.69) is 0 Å². The van der Waals surface area contributed by atoms with Crippen molar-refractivity contribution in [2.24, 2.45) is 0 Å². The predicted molar refractivity (Wildman–Crippen MR) is 107 cm³/mol. The maximum absolute atomic E-state index is 12.8. The van der Waals surface area contributed by atoms with Crippen molar-refractivity contribution in [1.29, 1.82) is 0 Å². The number of aliphatic carboxylic acids is 1. The summed E-state index contributed by atoms with van der Waals surface area (Å²) in [6.45, 7) is 4.22. The Balaban J connectivity index is 0.00000126. The SMILES string of the molecule is CC.O=C(O)CCCOc1cc2c(c(Cl)c1Cl)C(=O)C(c1ccccc1)C2. The van der Waals surface area contributed by atoms with Gasteiger partial charge in [-0.2, -0.15) is 0 Å². The van der Waals surface area contributed by atoms with Crippen LogP contribution in [0.3, 0.4) is 0 Å². The highest BCUT2D eigenvalue weighted by Gasteiger charge is 2.35. The van der Waals surface area contributed by atoms with Crippen molar-refractivity contribution >= 4 is 35.0 Å². The maximum atomic E-state index is 12.8. The third-order valence-corrected chi connectivity index (χ3v) is 5.09. The Kier molecular flexibility index (Phi) is 7.69. The number of Topliss-reactive ketones (excluding diaryl/α,β-unsaturated/α-hetero) is 1. The van der Waals surface area contributed by atoms with Gasteiger partial charge in [-0.3, -0.25) is 9.59 Å². The summed E-state index contributed by atoms with van der Waals surface area (Å²) in [5.41, 5.74) is 2.21. The summed E-state index contributed by atoms with van der Waals surface area (Å²) in [6, 6.07) is 11.3. The van der Waals surface area contributed by atoms with Gasteiger partial charge in [0.1, 0.15) is 10.8 Å². The lowest BCUT2D eigenvalue weighted by atomic mass is 9.95. The van der Waals surface area contributed by atoms with Gasteiger partial charge in [0.15, 0.2) is 5.78 Å². The van der Waals surface area contributed by atoms with Crippen LogP contribution in [0.2, 0.25) is 10.0 Å². The lowest BCUT2D eigenvalue weighted by molar-refractivity contribution is -0.137. The van der Waals surface area contributed by atoms with Gasteiger partial charge >= 0.3 is 5.97 Å². The molecule has 0 aromatic heterocycles. The van der Waals surface area contributed by atoms with E-state index in [-0.39, 0.29) is 34.8 Å². The number of rotatable bonds is 6. The zero-order valence-electron chi connectivity index (χ0n) is 15.3. The van der Waals surface area contributed by atoms with E-state index in [4.69, 9.17) is 33.0 Å². The minimum absolute atomic E-state index is 0.0187. The molecule has 1 aliphatic carbocycles. The summed E-state index contributed by atoms with van der Waals surface area (Å²) in [6.07, 6.45) is 0.928. The largest absolute Gasteiger partial charge is 0.492 e. The summed E-state index contributed by atoms with van der Waals surface area (Å²) in [7, 11) is 0. The normalized spacial score (nSPS) is 15.0. The van der Waals surface area contributed by atoms with Crippen LogP contribution < -0.4 is 4.74 Å². The summed E-state index contributed by atoms with van der Waals surface area (Å²) in [5.74, 6) is -0.798. The molecule has 1 atom stereocenters. The molecule has 4 nitrogen and oxygen atoms in total. The first-order chi connectivity index (χ1) is 13.0. The van der Waals surface area contributed by atoms with Gasteiger partial charge in [-0.25, -0.2) is 0 Å². The topological polar surface area (TPSA) is 63.6 Å². The van der Waals surface area contributed by atoms with E-state index in [1.807, 2.05) is 44.2 Å². The van der Waals surface area contributed by atoms with E-state index in [0.717, 1.165) is 11.1 Å². The van der Waals surface area contributed by atoms with Crippen LogP contribution in [-0.2, 0) is 11.2 Å². The molecule has 27 heavy (non-hydrogen) atoms. The van der Waals surface area contributed by atoms with Gasteiger partial charge in [-0.15, -0.1) is 0 Å². The highest BCUT2D eigenvalue weighted by atomic mass is 35.5. The van der Waals surface area contributed by atoms with Gasteiger partial charge in [0.25, 0.3) is 0 Å². The van der Waals surface area contributed by atoms with Crippen molar-refractivity contribution in [2.75, 3.05) is 6.61 Å². The molecule has 0 bridgehead atoms. The molecule has 2 aromatic rings. The van der Waals surface area contributed by atoms with Gasteiger partial charge in [0, 0.05) is 12.0 Å². The molecule has 1 N–H and O–H groups in total. The highest BCUT2D eigenvalue weighted by molar-refractivity contribution is 6.45. The number of carbonyl (C=O) groups excluding carboxylic acids is 1. The zero-order chi connectivity index (χ0) is 20.0. The fourth-order valence-corrected chi connectivity index (χ4v) is 3.54. The molecule has 0 heterocycles. The number of ether oxygens (including phenoxy) is 1. The minimum atomic E-state index is -0.877. The van der Waals surface area contributed by atoms with Crippen LogP contribution >= 0.6 is 23.2 Å². The second-order valence-electron chi connectivity index (χ2n) is 5.91. The number of fused-ring (bicyclic) bond motifs is 1. The standard InChI is InChI=1S/C19H16Cl2O4.C2H6/c20-17-14(25-8-4-7-15(22)23)10-12-9-13(11-5-2-1-3-6-11)19(24)16(12)18(17)21;1-2/h1-3,5-6,10,13H,4,7-9H2,(H,22,23);1-2H3. The Hall–Kier alpha value is -2.04. The number of carboxylic acid groups (broad SMARTS) is 1. The van der Waals surface area contributed by atoms with Crippen LogP contribution in [0.4, 0.5) is 0 Å². The second kappa shape index (κ2) is 9.77. The molecular weight excluding hydrogens is 387 g/mol. The fraction of sp³-hybridized carbons (Fsp3) is 0.333. The van der Waals surface area contributed by atoms with Gasteiger partial charge in [0.05, 0.1) is 17.5 Å². The molecule has 2 aromatic carbocycles. The van der Waals surface area contributed by atoms with Gasteiger partial charge in [-0.1, -0.05) is 67.4 Å². The summed E-state index contributed by atoms with van der Waals surface area (Å²) in [5, 5.41) is 9.06. The number of ketones is 1. The van der Waals surface area contributed by atoms with Crippen LogP contribution in [0.15, 0.2) is 36.4 Å². The highest BCUT2D eigenvalue weighted by Crippen LogP contribution is 2.44. The van der Waals surface area contributed by atoms with Crippen LogP contribution in [0, 0.1) is 0 Å². The third kappa shape index (κ3) is 4.82. The number of carboxylic acids is 1. The van der Waals surface area contributed by atoms with Crippen molar-refractivity contribution in [2.45, 2.75) is 39.0 Å². The molecule has 0 aliphatic heterocycles. The average molecular weight is 409 g/mol. The molecule has 0 radical (unpaired) electrons. The summed E-state index contributed by atoms with van der Waals surface area (Å²) < 4.78 is 5.58. The maximum Gasteiger partial charge on any atom is 0.303 e. The van der Waals surface area contributed by atoms with Crippen LogP contribution in [0.25, 0.3) is 0 Å². The smallest absolute Gasteiger partial charge is 0.303 e. The molecule has 0 fully saturated rings. The average Bonchev–Trinajstić information content (AvgIpc) is 3.01. The first-order valence-corrected chi connectivity index (χ1v) is 9.69. The lowest BCUT2D eigenvalue weighted by Gasteiger charge is -2.11. The summed E-state index contributed by atoms with van der Waals surface area (Å²) >= 11 is 12.6. The zero-order valence-corrected chi connectivity index (χ0v) is 16.8. The monoisotopic (exact) mass is 408 g/mol. The number of hydrogen-bond donors (Lipinski definition) is 1. The van der Waals surface area contributed by atoms with E-state index in [9.17, 15) is 9.59 Å². The third-order valence-electron chi connectivity index (χ3n) is 4.24. The predicted octanol–water partition coefficient (Wildman–Crippen LogP) is 5.79. The Bertz CT molecular complexity index is 819. The Labute approximate surface area is 169 Å². The van der Waals surface area contributed by atoms with Crippen LogP contribution in [0.5, 0.6) is 5.75 Å². The minimum Gasteiger partial charge on any atom is -0.492 e. The lowest BCUT2D eigenvalue weighted by Crippen LogP contribution is -2.07. The Morgan fingerprint density at radius 2 is 1.85 bits per heavy atom. The van der Waals surface area contributed by atoms with Crippen LogP contribution in [0.1, 0.15) is 54.1 Å². The van der Waals surface area contributed by atoms with E-state index in [0.29, 0.717) is 24.2 Å². The number of carbonyl (C=O) groups is 2. The first kappa shape index (κ1) is 21.3. The van der Waals surface area contributed by atoms with Crippen molar-refractivity contribution in [1.82, 2.24) is 0 Å². The van der Waals surface area contributed by atoms with E-state index in [1.54, 1.807) is 6.07 Å². The van der Waals surface area contributed by atoms with Gasteiger partial charge in [-0.05, 0) is 30.0 Å². The van der Waals surface area contributed by atoms with Crippen molar-refractivity contribution in [3.63, 3.8) is 0 Å². The summed E-state index contributed by atoms with van der Waals surface area (Å²) in [4.78, 5) is 23.3. The number of halogens is 2. The van der Waals surface area contributed by atoms with E-state index >= 15 is 0 Å². The molecule has 1 aliphatic rings. The fourth-order valence-electron chi connectivity index (χ4n) is 3.03.